The Bertz CT molecular complexity index is 282. The van der Waals surface area contributed by atoms with Crippen LogP contribution in [0.1, 0.15) is 41.5 Å². The molecule has 0 aliphatic carbocycles. The zero-order valence-electron chi connectivity index (χ0n) is 8.50. The van der Waals surface area contributed by atoms with Gasteiger partial charge in [-0.05, 0) is 30.7 Å². The Morgan fingerprint density at radius 2 is 1.36 bits per heavy atom. The number of benzene rings is 1. The quantitative estimate of drug-likeness (QED) is 0.557. The lowest BCUT2D eigenvalue weighted by atomic mass is 10.1. The number of hydrogen-bond acceptors (Lipinski definition) is 2. The third-order valence-corrected chi connectivity index (χ3v) is 1.74. The average Bonchev–Trinajstić information content (AvgIpc) is 2.21. The molecule has 0 aliphatic heterocycles. The van der Waals surface area contributed by atoms with Crippen molar-refractivity contribution in [2.45, 2.75) is 20.8 Å². The van der Waals surface area contributed by atoms with Gasteiger partial charge in [0.1, 0.15) is 0 Å². The molecular formula is C11H13ClO2. The SMILES string of the molecule is CC.CC(=O)c1ccc(C(=O)Cl)cc1. The Morgan fingerprint density at radius 3 is 1.64 bits per heavy atom. The molecule has 1 aromatic rings. The van der Waals surface area contributed by atoms with E-state index in [1.54, 1.807) is 12.1 Å². The van der Waals surface area contributed by atoms with E-state index in [0.29, 0.717) is 11.1 Å². The maximum atomic E-state index is 10.8. The van der Waals surface area contributed by atoms with Gasteiger partial charge in [-0.1, -0.05) is 26.0 Å². The van der Waals surface area contributed by atoms with Crippen molar-refractivity contribution in [1.82, 2.24) is 0 Å². The first-order valence-electron chi connectivity index (χ1n) is 4.42. The second-order valence-corrected chi connectivity index (χ2v) is 2.75. The summed E-state index contributed by atoms with van der Waals surface area (Å²) in [6.45, 7) is 5.47. The minimum atomic E-state index is -0.509. The molecule has 0 heterocycles. The topological polar surface area (TPSA) is 34.1 Å². The highest BCUT2D eigenvalue weighted by Crippen LogP contribution is 2.07. The summed E-state index contributed by atoms with van der Waals surface area (Å²) in [5.41, 5.74) is 0.985. The lowest BCUT2D eigenvalue weighted by Crippen LogP contribution is -1.93. The van der Waals surface area contributed by atoms with Gasteiger partial charge in [0.05, 0.1) is 0 Å². The molecule has 0 bridgehead atoms. The van der Waals surface area contributed by atoms with Crippen LogP contribution >= 0.6 is 11.6 Å². The van der Waals surface area contributed by atoms with Crippen molar-refractivity contribution in [2.75, 3.05) is 0 Å². The maximum absolute atomic E-state index is 10.8. The van der Waals surface area contributed by atoms with Crippen LogP contribution in [0.25, 0.3) is 0 Å². The summed E-state index contributed by atoms with van der Waals surface area (Å²) < 4.78 is 0. The van der Waals surface area contributed by atoms with E-state index in [1.165, 1.54) is 19.1 Å². The molecule has 0 spiro atoms. The van der Waals surface area contributed by atoms with E-state index >= 15 is 0 Å². The van der Waals surface area contributed by atoms with Crippen LogP contribution in [0.5, 0.6) is 0 Å². The Balaban J connectivity index is 0.000000791. The molecule has 3 heteroatoms. The summed E-state index contributed by atoms with van der Waals surface area (Å²) in [4.78, 5) is 21.4. The van der Waals surface area contributed by atoms with Gasteiger partial charge in [-0.2, -0.15) is 0 Å². The molecule has 0 aliphatic rings. The highest BCUT2D eigenvalue weighted by Gasteiger charge is 2.02. The summed E-state index contributed by atoms with van der Waals surface area (Å²) >= 11 is 5.21. The molecule has 0 unspecified atom stereocenters. The van der Waals surface area contributed by atoms with Gasteiger partial charge in [0.25, 0.3) is 5.24 Å². The first-order chi connectivity index (χ1) is 6.61. The molecule has 0 aromatic heterocycles. The smallest absolute Gasteiger partial charge is 0.252 e. The number of rotatable bonds is 2. The Hall–Kier alpha value is -1.15. The summed E-state index contributed by atoms with van der Waals surface area (Å²) in [6, 6.07) is 6.23. The second-order valence-electron chi connectivity index (χ2n) is 2.41. The van der Waals surface area contributed by atoms with Gasteiger partial charge in [-0.15, -0.1) is 0 Å². The van der Waals surface area contributed by atoms with Crippen molar-refractivity contribution in [3.05, 3.63) is 35.4 Å². The number of Topliss-reactive ketones (excluding diaryl/α,β-unsaturated/α-hetero) is 1. The Kier molecular flexibility index (Phi) is 5.81. The van der Waals surface area contributed by atoms with Crippen molar-refractivity contribution in [2.24, 2.45) is 0 Å². The lowest BCUT2D eigenvalue weighted by Gasteiger charge is -1.95. The zero-order chi connectivity index (χ0) is 11.1. The van der Waals surface area contributed by atoms with Crippen LogP contribution in [-0.2, 0) is 0 Å². The third-order valence-electron chi connectivity index (χ3n) is 1.52. The standard InChI is InChI=1S/C9H7ClO2.C2H6/c1-6(11)7-2-4-8(5-3-7)9(10)12;1-2/h2-5H,1H3;1-2H3. The molecule has 0 N–H and O–H groups in total. The molecule has 0 atom stereocenters. The Labute approximate surface area is 88.9 Å². The van der Waals surface area contributed by atoms with Crippen LogP contribution in [0, 0.1) is 0 Å². The molecule has 0 radical (unpaired) electrons. The summed E-state index contributed by atoms with van der Waals surface area (Å²) in [7, 11) is 0. The molecular weight excluding hydrogens is 200 g/mol. The fourth-order valence-corrected chi connectivity index (χ4v) is 0.962. The highest BCUT2D eigenvalue weighted by molar-refractivity contribution is 6.67. The maximum Gasteiger partial charge on any atom is 0.252 e. The molecule has 0 saturated heterocycles. The fourth-order valence-electron chi connectivity index (χ4n) is 0.836. The predicted octanol–water partition coefficient (Wildman–Crippen LogP) is 3.29. The summed E-state index contributed by atoms with van der Waals surface area (Å²) in [5.74, 6) is -0.0245. The first-order valence-corrected chi connectivity index (χ1v) is 4.80. The van der Waals surface area contributed by atoms with Crippen LogP contribution in [0.4, 0.5) is 0 Å². The summed E-state index contributed by atoms with van der Waals surface area (Å²) in [6.07, 6.45) is 0. The van der Waals surface area contributed by atoms with E-state index in [1.807, 2.05) is 13.8 Å². The van der Waals surface area contributed by atoms with Crippen LogP contribution < -0.4 is 0 Å². The van der Waals surface area contributed by atoms with Crippen molar-refractivity contribution in [3.8, 4) is 0 Å². The van der Waals surface area contributed by atoms with E-state index in [2.05, 4.69) is 0 Å². The van der Waals surface area contributed by atoms with Crippen LogP contribution in [0.3, 0.4) is 0 Å². The van der Waals surface area contributed by atoms with Gasteiger partial charge in [-0.25, -0.2) is 0 Å². The molecule has 76 valence electrons. The third kappa shape index (κ3) is 3.71. The molecule has 2 nitrogen and oxygen atoms in total. The molecule has 1 aromatic carbocycles. The molecule has 0 fully saturated rings. The van der Waals surface area contributed by atoms with Crippen molar-refractivity contribution >= 4 is 22.6 Å². The highest BCUT2D eigenvalue weighted by atomic mass is 35.5. The second kappa shape index (κ2) is 6.33. The number of hydrogen-bond donors (Lipinski definition) is 0. The molecule has 0 saturated carbocycles. The van der Waals surface area contributed by atoms with Gasteiger partial charge in [0.2, 0.25) is 0 Å². The van der Waals surface area contributed by atoms with Gasteiger partial charge >= 0.3 is 0 Å². The minimum Gasteiger partial charge on any atom is -0.295 e. The van der Waals surface area contributed by atoms with E-state index in [0.717, 1.165) is 0 Å². The normalized spacial score (nSPS) is 8.57. The van der Waals surface area contributed by atoms with E-state index in [4.69, 9.17) is 11.6 Å². The largest absolute Gasteiger partial charge is 0.295 e. The fraction of sp³-hybridized carbons (Fsp3) is 0.273. The number of halogens is 1. The first kappa shape index (κ1) is 12.8. The number of carbonyl (C=O) groups excluding carboxylic acids is 2. The summed E-state index contributed by atoms with van der Waals surface area (Å²) in [5, 5.41) is -0.509. The minimum absolute atomic E-state index is 0.0245. The van der Waals surface area contributed by atoms with Gasteiger partial charge < -0.3 is 0 Å². The Morgan fingerprint density at radius 1 is 1.00 bits per heavy atom. The number of carbonyl (C=O) groups is 2. The lowest BCUT2D eigenvalue weighted by molar-refractivity contribution is 0.101. The van der Waals surface area contributed by atoms with Crippen LogP contribution in [0.2, 0.25) is 0 Å². The van der Waals surface area contributed by atoms with Crippen molar-refractivity contribution in [1.29, 1.82) is 0 Å². The molecule has 14 heavy (non-hydrogen) atoms. The van der Waals surface area contributed by atoms with Crippen molar-refractivity contribution < 1.29 is 9.59 Å². The monoisotopic (exact) mass is 212 g/mol. The van der Waals surface area contributed by atoms with Crippen LogP contribution in [0.15, 0.2) is 24.3 Å². The number of ketones is 1. The van der Waals surface area contributed by atoms with E-state index in [-0.39, 0.29) is 5.78 Å². The zero-order valence-corrected chi connectivity index (χ0v) is 9.26. The van der Waals surface area contributed by atoms with Crippen molar-refractivity contribution in [3.63, 3.8) is 0 Å². The van der Waals surface area contributed by atoms with E-state index < -0.39 is 5.24 Å². The molecule has 1 rings (SSSR count). The van der Waals surface area contributed by atoms with Gasteiger partial charge in [0, 0.05) is 11.1 Å². The average molecular weight is 213 g/mol. The molecule has 0 amide bonds. The van der Waals surface area contributed by atoms with E-state index in [9.17, 15) is 9.59 Å². The van der Waals surface area contributed by atoms with Gasteiger partial charge in [0.15, 0.2) is 5.78 Å². The van der Waals surface area contributed by atoms with Gasteiger partial charge in [-0.3, -0.25) is 9.59 Å². The van der Waals surface area contributed by atoms with Crippen LogP contribution in [-0.4, -0.2) is 11.0 Å². The predicted molar refractivity (Wildman–Crippen MR) is 58.0 cm³/mol.